The predicted molar refractivity (Wildman–Crippen MR) is 152 cm³/mol. The molecule has 0 saturated carbocycles. The van der Waals surface area contributed by atoms with Crippen molar-refractivity contribution >= 4 is 17.6 Å². The highest BCUT2D eigenvalue weighted by atomic mass is 19.1. The zero-order valence-corrected chi connectivity index (χ0v) is 23.7. The number of hydrogen-bond acceptors (Lipinski definition) is 6. The number of nitrogens with zero attached hydrogens (tertiary/aromatic N) is 1. The standard InChI is InChI=1S/C32H35FN2O6/c1-5-19-11-18(3)12-20(6-2)30(19)34-28(36)16-35-15-24(21-7-10-26-27(13-21)41-17-40-26)29(32(37)38)31(35)23-9-8-22(39-4)14-25(23)33/h7-14,24,29,31H,5-6,15-17H2,1-4H3,(H,34,36)(H,37,38)/t24-,29-,31+/m1/s1. The second-order valence-corrected chi connectivity index (χ2v) is 10.6. The van der Waals surface area contributed by atoms with Crippen molar-refractivity contribution in [1.29, 1.82) is 0 Å². The van der Waals surface area contributed by atoms with E-state index in [1.165, 1.54) is 13.2 Å². The largest absolute Gasteiger partial charge is 0.497 e. The number of carbonyl (C=O) groups is 2. The van der Waals surface area contributed by atoms with Crippen LogP contribution in [0.25, 0.3) is 0 Å². The fourth-order valence-corrected chi connectivity index (χ4v) is 6.14. The minimum absolute atomic E-state index is 0.0936. The molecule has 3 atom stereocenters. The quantitative estimate of drug-likeness (QED) is 0.357. The van der Waals surface area contributed by atoms with E-state index in [1.807, 2.05) is 26.8 Å². The van der Waals surface area contributed by atoms with Gasteiger partial charge >= 0.3 is 5.97 Å². The van der Waals surface area contributed by atoms with Crippen molar-refractivity contribution in [3.8, 4) is 17.2 Å². The first kappa shape index (κ1) is 28.4. The number of carbonyl (C=O) groups excluding carboxylic acids is 1. The van der Waals surface area contributed by atoms with Crippen LogP contribution in [0.4, 0.5) is 10.1 Å². The molecule has 2 N–H and O–H groups in total. The predicted octanol–water partition coefficient (Wildman–Crippen LogP) is 5.48. The molecule has 0 aliphatic carbocycles. The molecule has 0 bridgehead atoms. The van der Waals surface area contributed by atoms with Gasteiger partial charge in [-0.3, -0.25) is 14.5 Å². The van der Waals surface area contributed by atoms with Gasteiger partial charge in [0.05, 0.1) is 25.6 Å². The number of methoxy groups -OCH3 is 1. The Kier molecular flexibility index (Phi) is 8.17. The molecule has 5 rings (SSSR count). The molecule has 8 nitrogen and oxygen atoms in total. The summed E-state index contributed by atoms with van der Waals surface area (Å²) < 4.78 is 31.6. The van der Waals surface area contributed by atoms with Gasteiger partial charge in [-0.15, -0.1) is 0 Å². The summed E-state index contributed by atoms with van der Waals surface area (Å²) in [5.74, 6) is -2.05. The normalized spacial score (nSPS) is 19.8. The zero-order valence-electron chi connectivity index (χ0n) is 23.7. The number of rotatable bonds is 9. The summed E-state index contributed by atoms with van der Waals surface area (Å²) in [6.07, 6.45) is 1.50. The van der Waals surface area contributed by atoms with Crippen LogP contribution in [0.15, 0.2) is 48.5 Å². The Morgan fingerprint density at radius 1 is 1.05 bits per heavy atom. The van der Waals surface area contributed by atoms with Crippen molar-refractivity contribution in [2.24, 2.45) is 5.92 Å². The maximum atomic E-state index is 15.5. The first-order chi connectivity index (χ1) is 19.7. The Hall–Kier alpha value is -4.11. The number of aryl methyl sites for hydroxylation is 3. The van der Waals surface area contributed by atoms with Gasteiger partial charge in [0, 0.05) is 29.8 Å². The fraction of sp³-hybridized carbons (Fsp3) is 0.375. The molecule has 2 aliphatic rings. The van der Waals surface area contributed by atoms with Gasteiger partial charge in [-0.05, 0) is 54.7 Å². The van der Waals surface area contributed by atoms with E-state index in [4.69, 9.17) is 14.2 Å². The second-order valence-electron chi connectivity index (χ2n) is 10.6. The van der Waals surface area contributed by atoms with Crippen molar-refractivity contribution < 1.29 is 33.3 Å². The van der Waals surface area contributed by atoms with Gasteiger partial charge < -0.3 is 24.6 Å². The van der Waals surface area contributed by atoms with Gasteiger partial charge in [0.25, 0.3) is 0 Å². The average molecular weight is 563 g/mol. The Labute approximate surface area is 239 Å². The van der Waals surface area contributed by atoms with Crippen molar-refractivity contribution in [2.45, 2.75) is 45.6 Å². The first-order valence-corrected chi connectivity index (χ1v) is 13.9. The Bertz CT molecular complexity index is 1450. The highest BCUT2D eigenvalue weighted by Gasteiger charge is 2.49. The van der Waals surface area contributed by atoms with Gasteiger partial charge in [0.2, 0.25) is 12.7 Å². The molecule has 1 saturated heterocycles. The van der Waals surface area contributed by atoms with Crippen molar-refractivity contribution in [1.82, 2.24) is 4.90 Å². The molecule has 3 aromatic rings. The lowest BCUT2D eigenvalue weighted by molar-refractivity contribution is -0.143. The summed E-state index contributed by atoms with van der Waals surface area (Å²) in [7, 11) is 1.44. The Balaban J connectivity index is 1.52. The third-order valence-corrected chi connectivity index (χ3v) is 8.05. The minimum atomic E-state index is -1.07. The maximum Gasteiger partial charge on any atom is 0.309 e. The second kappa shape index (κ2) is 11.8. The van der Waals surface area contributed by atoms with Crippen LogP contribution in [-0.2, 0) is 22.4 Å². The molecule has 41 heavy (non-hydrogen) atoms. The lowest BCUT2D eigenvalue weighted by atomic mass is 9.82. The number of amides is 1. The lowest BCUT2D eigenvalue weighted by Crippen LogP contribution is -2.36. The first-order valence-electron chi connectivity index (χ1n) is 13.9. The number of carboxylic acids is 1. The summed E-state index contributed by atoms with van der Waals surface area (Å²) in [5.41, 5.74) is 4.92. The molecular formula is C32H35FN2O6. The fourth-order valence-electron chi connectivity index (χ4n) is 6.14. The van der Waals surface area contributed by atoms with Crippen LogP contribution < -0.4 is 19.5 Å². The Morgan fingerprint density at radius 3 is 2.39 bits per heavy atom. The molecule has 0 radical (unpaired) electrons. The highest BCUT2D eigenvalue weighted by molar-refractivity contribution is 5.94. The van der Waals surface area contributed by atoms with E-state index < -0.39 is 29.7 Å². The topological polar surface area (TPSA) is 97.3 Å². The SMILES string of the molecule is CCc1cc(C)cc(CC)c1NC(=O)CN1C[C@H](c2ccc3c(c2)OCO3)[C@@H](C(=O)O)[C@@H]1c1ccc(OC)cc1F. The summed E-state index contributed by atoms with van der Waals surface area (Å²) >= 11 is 0. The molecule has 1 amide bonds. The molecule has 9 heteroatoms. The van der Waals surface area contributed by atoms with Gasteiger partial charge in [-0.1, -0.05) is 43.7 Å². The number of likely N-dealkylation sites (tertiary alicyclic amines) is 1. The number of anilines is 1. The minimum Gasteiger partial charge on any atom is -0.497 e. The van der Waals surface area contributed by atoms with Crippen molar-refractivity contribution in [3.05, 3.63) is 82.2 Å². The molecule has 216 valence electrons. The maximum absolute atomic E-state index is 15.5. The number of hydrogen-bond donors (Lipinski definition) is 2. The smallest absolute Gasteiger partial charge is 0.309 e. The number of fused-ring (bicyclic) bond motifs is 1. The molecule has 1 fully saturated rings. The molecule has 3 aromatic carbocycles. The summed E-state index contributed by atoms with van der Waals surface area (Å²) in [5, 5.41) is 13.6. The molecule has 2 aliphatic heterocycles. The van der Waals surface area contributed by atoms with Gasteiger partial charge in [0.1, 0.15) is 11.6 Å². The van der Waals surface area contributed by atoms with Crippen LogP contribution in [0.5, 0.6) is 17.2 Å². The average Bonchev–Trinajstić information content (AvgIpc) is 3.58. The van der Waals surface area contributed by atoms with E-state index in [0.29, 0.717) is 17.2 Å². The van der Waals surface area contributed by atoms with Crippen LogP contribution in [-0.4, -0.2) is 48.9 Å². The van der Waals surface area contributed by atoms with Crippen LogP contribution in [0.1, 0.15) is 53.6 Å². The Morgan fingerprint density at radius 2 is 1.76 bits per heavy atom. The van der Waals surface area contributed by atoms with Crippen molar-refractivity contribution in [2.75, 3.05) is 32.3 Å². The number of nitrogens with one attached hydrogen (secondary N) is 1. The number of halogens is 1. The highest BCUT2D eigenvalue weighted by Crippen LogP contribution is 2.48. The van der Waals surface area contributed by atoms with Crippen LogP contribution >= 0.6 is 0 Å². The number of ether oxygens (including phenoxy) is 3. The summed E-state index contributed by atoms with van der Waals surface area (Å²) in [4.78, 5) is 28.2. The monoisotopic (exact) mass is 562 g/mol. The molecule has 0 spiro atoms. The van der Waals surface area contributed by atoms with E-state index in [2.05, 4.69) is 17.4 Å². The zero-order chi connectivity index (χ0) is 29.3. The van der Waals surface area contributed by atoms with E-state index >= 15 is 4.39 Å². The van der Waals surface area contributed by atoms with E-state index in [0.717, 1.165) is 40.8 Å². The third-order valence-electron chi connectivity index (χ3n) is 8.05. The van der Waals surface area contributed by atoms with E-state index in [1.54, 1.807) is 29.2 Å². The van der Waals surface area contributed by atoms with Crippen LogP contribution in [0, 0.1) is 18.7 Å². The van der Waals surface area contributed by atoms with E-state index in [-0.39, 0.29) is 31.4 Å². The van der Waals surface area contributed by atoms with Gasteiger partial charge in [0.15, 0.2) is 11.5 Å². The van der Waals surface area contributed by atoms with E-state index in [9.17, 15) is 14.7 Å². The molecule has 0 aromatic heterocycles. The van der Waals surface area contributed by atoms with Crippen LogP contribution in [0.2, 0.25) is 0 Å². The van der Waals surface area contributed by atoms with Gasteiger partial charge in [-0.25, -0.2) is 4.39 Å². The molecule has 0 unspecified atom stereocenters. The number of carboxylic acid groups (broad SMARTS) is 1. The molecule has 2 heterocycles. The summed E-state index contributed by atoms with van der Waals surface area (Å²) in [6, 6.07) is 13.0. The summed E-state index contributed by atoms with van der Waals surface area (Å²) in [6.45, 7) is 6.33. The number of benzene rings is 3. The third kappa shape index (κ3) is 5.59. The number of aliphatic carboxylic acids is 1. The van der Waals surface area contributed by atoms with Gasteiger partial charge in [-0.2, -0.15) is 0 Å². The molecular weight excluding hydrogens is 527 g/mol. The lowest BCUT2D eigenvalue weighted by Gasteiger charge is -2.27. The van der Waals surface area contributed by atoms with Crippen LogP contribution in [0.3, 0.4) is 0 Å². The van der Waals surface area contributed by atoms with Crippen molar-refractivity contribution in [3.63, 3.8) is 0 Å².